The van der Waals surface area contributed by atoms with E-state index in [-0.39, 0.29) is 12.5 Å². The van der Waals surface area contributed by atoms with E-state index in [0.717, 1.165) is 30.0 Å². The van der Waals surface area contributed by atoms with E-state index in [4.69, 9.17) is 0 Å². The third kappa shape index (κ3) is 5.04. The van der Waals surface area contributed by atoms with Crippen LogP contribution < -0.4 is 15.6 Å². The first kappa shape index (κ1) is 17.0. The standard InChI is InChI=1S/C19H23N5O/c25-19(23-22-14-16-8-10-20-11-9-16)15-21-17-6-2-3-7-18(17)24-12-4-1-5-13-24/h2-3,6-11,14,21H,1,4-5,12-13,15H2,(H,23,25)/b22-14+. The van der Waals surface area contributed by atoms with Gasteiger partial charge in [0.25, 0.3) is 5.91 Å². The van der Waals surface area contributed by atoms with Crippen LogP contribution in [0.1, 0.15) is 24.8 Å². The van der Waals surface area contributed by atoms with Crippen molar-refractivity contribution in [1.82, 2.24) is 10.4 Å². The summed E-state index contributed by atoms with van der Waals surface area (Å²) in [7, 11) is 0. The number of carbonyl (C=O) groups excluding carboxylic acids is 1. The Morgan fingerprint density at radius 2 is 1.88 bits per heavy atom. The fraction of sp³-hybridized carbons (Fsp3) is 0.316. The second kappa shape index (κ2) is 8.82. The van der Waals surface area contributed by atoms with Crippen molar-refractivity contribution in [3.05, 3.63) is 54.4 Å². The molecule has 0 bridgehead atoms. The molecule has 2 N–H and O–H groups in total. The van der Waals surface area contributed by atoms with Crippen LogP contribution >= 0.6 is 0 Å². The lowest BCUT2D eigenvalue weighted by Gasteiger charge is -2.30. The number of pyridine rings is 1. The SMILES string of the molecule is O=C(CNc1ccccc1N1CCCCC1)N/N=C/c1ccncc1. The molecule has 1 fully saturated rings. The molecule has 0 atom stereocenters. The zero-order valence-electron chi connectivity index (χ0n) is 14.2. The lowest BCUT2D eigenvalue weighted by Crippen LogP contribution is -2.31. The molecule has 1 aromatic carbocycles. The molecule has 0 aliphatic carbocycles. The maximum atomic E-state index is 12.0. The molecule has 2 aromatic rings. The average Bonchev–Trinajstić information content (AvgIpc) is 2.68. The van der Waals surface area contributed by atoms with Crippen molar-refractivity contribution in [3.63, 3.8) is 0 Å². The number of nitrogens with one attached hydrogen (secondary N) is 2. The van der Waals surface area contributed by atoms with Gasteiger partial charge in [-0.2, -0.15) is 5.10 Å². The molecule has 130 valence electrons. The van der Waals surface area contributed by atoms with Crippen LogP contribution in [0.15, 0.2) is 53.9 Å². The van der Waals surface area contributed by atoms with Gasteiger partial charge in [-0.15, -0.1) is 0 Å². The van der Waals surface area contributed by atoms with Gasteiger partial charge in [0.15, 0.2) is 0 Å². The molecule has 3 rings (SSSR count). The van der Waals surface area contributed by atoms with Crippen LogP contribution in [0.4, 0.5) is 11.4 Å². The molecule has 0 radical (unpaired) electrons. The Hall–Kier alpha value is -2.89. The number of hydrazone groups is 1. The van der Waals surface area contributed by atoms with E-state index in [9.17, 15) is 4.79 Å². The third-order valence-electron chi connectivity index (χ3n) is 4.15. The van der Waals surface area contributed by atoms with Crippen molar-refractivity contribution in [1.29, 1.82) is 0 Å². The van der Waals surface area contributed by atoms with Crippen LogP contribution in [0.3, 0.4) is 0 Å². The van der Waals surface area contributed by atoms with Crippen molar-refractivity contribution < 1.29 is 4.79 Å². The van der Waals surface area contributed by atoms with E-state index in [1.807, 2.05) is 30.3 Å². The molecule has 0 unspecified atom stereocenters. The number of carbonyl (C=O) groups is 1. The van der Waals surface area contributed by atoms with E-state index in [1.165, 1.54) is 19.3 Å². The number of benzene rings is 1. The van der Waals surface area contributed by atoms with Crippen molar-refractivity contribution in [2.75, 3.05) is 29.9 Å². The minimum absolute atomic E-state index is 0.179. The monoisotopic (exact) mass is 337 g/mol. The predicted molar refractivity (Wildman–Crippen MR) is 101 cm³/mol. The molecular formula is C19H23N5O. The highest BCUT2D eigenvalue weighted by atomic mass is 16.2. The van der Waals surface area contributed by atoms with Crippen LogP contribution in [0, 0.1) is 0 Å². The number of aromatic nitrogens is 1. The van der Waals surface area contributed by atoms with Crippen LogP contribution in [0.25, 0.3) is 0 Å². The number of hydrogen-bond donors (Lipinski definition) is 2. The van der Waals surface area contributed by atoms with Gasteiger partial charge in [0.05, 0.1) is 24.1 Å². The molecule has 1 aromatic heterocycles. The maximum absolute atomic E-state index is 12.0. The average molecular weight is 337 g/mol. The van der Waals surface area contributed by atoms with Gasteiger partial charge in [0.1, 0.15) is 0 Å². The van der Waals surface area contributed by atoms with E-state index < -0.39 is 0 Å². The van der Waals surface area contributed by atoms with Gasteiger partial charge in [0, 0.05) is 25.5 Å². The fourth-order valence-corrected chi connectivity index (χ4v) is 2.88. The molecule has 0 spiro atoms. The Kier molecular flexibility index (Phi) is 5.98. The molecule has 6 nitrogen and oxygen atoms in total. The molecule has 0 saturated carbocycles. The first-order valence-electron chi connectivity index (χ1n) is 8.63. The normalized spacial score (nSPS) is 14.5. The second-order valence-corrected chi connectivity index (χ2v) is 5.99. The summed E-state index contributed by atoms with van der Waals surface area (Å²) in [5.74, 6) is -0.182. The highest BCUT2D eigenvalue weighted by Gasteiger charge is 2.14. The Morgan fingerprint density at radius 3 is 2.68 bits per heavy atom. The molecule has 2 heterocycles. The molecular weight excluding hydrogens is 314 g/mol. The van der Waals surface area contributed by atoms with Gasteiger partial charge in [-0.3, -0.25) is 9.78 Å². The van der Waals surface area contributed by atoms with Crippen LogP contribution in [-0.2, 0) is 4.79 Å². The Labute approximate surface area is 148 Å². The molecule has 1 saturated heterocycles. The van der Waals surface area contributed by atoms with Crippen molar-refractivity contribution in [2.24, 2.45) is 5.10 Å². The van der Waals surface area contributed by atoms with Crippen molar-refractivity contribution in [2.45, 2.75) is 19.3 Å². The van der Waals surface area contributed by atoms with Crippen LogP contribution in [0.2, 0.25) is 0 Å². The zero-order valence-corrected chi connectivity index (χ0v) is 14.2. The first-order chi connectivity index (χ1) is 12.3. The summed E-state index contributed by atoms with van der Waals surface area (Å²) in [6.07, 6.45) is 8.70. The van der Waals surface area contributed by atoms with E-state index >= 15 is 0 Å². The second-order valence-electron chi connectivity index (χ2n) is 5.99. The Morgan fingerprint density at radius 1 is 1.12 bits per heavy atom. The summed E-state index contributed by atoms with van der Waals surface area (Å²) < 4.78 is 0. The van der Waals surface area contributed by atoms with Gasteiger partial charge < -0.3 is 10.2 Å². The summed E-state index contributed by atoms with van der Waals surface area (Å²) in [6, 6.07) is 11.8. The summed E-state index contributed by atoms with van der Waals surface area (Å²) in [5, 5.41) is 7.18. The third-order valence-corrected chi connectivity index (χ3v) is 4.15. The van der Waals surface area contributed by atoms with E-state index in [2.05, 4.69) is 31.8 Å². The number of para-hydroxylation sites is 2. The highest BCUT2D eigenvalue weighted by Crippen LogP contribution is 2.27. The maximum Gasteiger partial charge on any atom is 0.259 e. The first-order valence-corrected chi connectivity index (χ1v) is 8.63. The van der Waals surface area contributed by atoms with Crippen molar-refractivity contribution >= 4 is 23.5 Å². The quantitative estimate of drug-likeness (QED) is 0.628. The van der Waals surface area contributed by atoms with Gasteiger partial charge >= 0.3 is 0 Å². The largest absolute Gasteiger partial charge is 0.374 e. The van der Waals surface area contributed by atoms with E-state index in [0.29, 0.717) is 0 Å². The number of nitrogens with zero attached hydrogens (tertiary/aromatic N) is 3. The van der Waals surface area contributed by atoms with Crippen LogP contribution in [-0.4, -0.2) is 36.7 Å². The molecule has 6 heteroatoms. The number of rotatable bonds is 6. The Balaban J connectivity index is 1.53. The number of amides is 1. The van der Waals surface area contributed by atoms with Crippen LogP contribution in [0.5, 0.6) is 0 Å². The minimum atomic E-state index is -0.182. The lowest BCUT2D eigenvalue weighted by atomic mass is 10.1. The number of hydrogen-bond acceptors (Lipinski definition) is 5. The number of piperidine rings is 1. The topological polar surface area (TPSA) is 69.6 Å². The predicted octanol–water partition coefficient (Wildman–Crippen LogP) is 2.63. The zero-order chi connectivity index (χ0) is 17.3. The van der Waals surface area contributed by atoms with Gasteiger partial charge in [-0.05, 0) is 49.1 Å². The minimum Gasteiger partial charge on any atom is -0.374 e. The van der Waals surface area contributed by atoms with Crippen molar-refractivity contribution in [3.8, 4) is 0 Å². The summed E-state index contributed by atoms with van der Waals surface area (Å²) in [5.41, 5.74) is 5.57. The van der Waals surface area contributed by atoms with E-state index in [1.54, 1.807) is 18.6 Å². The summed E-state index contributed by atoms with van der Waals surface area (Å²) >= 11 is 0. The molecule has 1 aliphatic rings. The van der Waals surface area contributed by atoms with Gasteiger partial charge in [-0.1, -0.05) is 12.1 Å². The number of anilines is 2. The summed E-state index contributed by atoms with van der Waals surface area (Å²) in [6.45, 7) is 2.32. The molecule has 25 heavy (non-hydrogen) atoms. The molecule has 1 aliphatic heterocycles. The smallest absolute Gasteiger partial charge is 0.259 e. The van der Waals surface area contributed by atoms with Gasteiger partial charge in [0.2, 0.25) is 0 Å². The lowest BCUT2D eigenvalue weighted by molar-refractivity contribution is -0.119. The Bertz CT molecular complexity index is 711. The van der Waals surface area contributed by atoms with Gasteiger partial charge in [-0.25, -0.2) is 5.43 Å². The fourth-order valence-electron chi connectivity index (χ4n) is 2.88. The highest BCUT2D eigenvalue weighted by molar-refractivity contribution is 5.85. The summed E-state index contributed by atoms with van der Waals surface area (Å²) in [4.78, 5) is 18.3. The molecule has 1 amide bonds.